The summed E-state index contributed by atoms with van der Waals surface area (Å²) in [5.41, 5.74) is 4.02. The molecule has 0 aliphatic rings. The van der Waals surface area contributed by atoms with Crippen LogP contribution in [0, 0.1) is 0 Å². The first-order valence-electron chi connectivity index (χ1n) is 7.43. The molecule has 128 valence electrons. The summed E-state index contributed by atoms with van der Waals surface area (Å²) in [6.45, 7) is 0. The molecule has 2 aromatic carbocycles. The largest absolute Gasteiger partial charge is 0.275 e. The van der Waals surface area contributed by atoms with Crippen molar-refractivity contribution in [1.29, 1.82) is 0 Å². The lowest BCUT2D eigenvalue weighted by atomic mass is 10.1. The zero-order chi connectivity index (χ0) is 17.9. The third-order valence-electron chi connectivity index (χ3n) is 3.49. The number of carbonyl (C=O) groups excluding carboxylic acids is 1. The molecule has 0 saturated carbocycles. The van der Waals surface area contributed by atoms with Gasteiger partial charge in [0.25, 0.3) is 15.9 Å². The fraction of sp³-hybridized carbons (Fsp3) is 0.0588. The van der Waals surface area contributed by atoms with E-state index in [0.29, 0.717) is 5.56 Å². The van der Waals surface area contributed by atoms with E-state index in [1.165, 1.54) is 12.1 Å². The van der Waals surface area contributed by atoms with Crippen LogP contribution in [-0.2, 0) is 17.1 Å². The van der Waals surface area contributed by atoms with Crippen molar-refractivity contribution in [3.8, 4) is 11.3 Å². The van der Waals surface area contributed by atoms with Gasteiger partial charge < -0.3 is 0 Å². The molecule has 0 spiro atoms. The Bertz CT molecular complexity index is 997. The second kappa shape index (κ2) is 6.88. The molecule has 0 fully saturated rings. The average molecular weight is 356 g/mol. The summed E-state index contributed by atoms with van der Waals surface area (Å²) in [5, 5.41) is 4.28. The number of hydrogen-bond donors (Lipinski definition) is 2. The highest BCUT2D eigenvalue weighted by Gasteiger charge is 2.15. The van der Waals surface area contributed by atoms with E-state index in [0.717, 1.165) is 11.3 Å². The fourth-order valence-electron chi connectivity index (χ4n) is 2.23. The van der Waals surface area contributed by atoms with E-state index in [4.69, 9.17) is 0 Å². The van der Waals surface area contributed by atoms with Crippen LogP contribution in [0.3, 0.4) is 0 Å². The molecule has 1 aromatic heterocycles. The number of sulfonamides is 1. The first kappa shape index (κ1) is 16.9. The van der Waals surface area contributed by atoms with E-state index in [1.807, 2.05) is 12.1 Å². The second-order valence-corrected chi connectivity index (χ2v) is 7.01. The number of carbonyl (C=O) groups is 1. The normalized spacial score (nSPS) is 11.2. The number of nitrogens with zero attached hydrogens (tertiary/aromatic N) is 2. The summed E-state index contributed by atoms with van der Waals surface area (Å²) in [6, 6.07) is 16.4. The quantitative estimate of drug-likeness (QED) is 0.681. The van der Waals surface area contributed by atoms with Gasteiger partial charge in [0.05, 0.1) is 10.6 Å². The van der Waals surface area contributed by atoms with E-state index < -0.39 is 15.9 Å². The van der Waals surface area contributed by atoms with Crippen molar-refractivity contribution >= 4 is 15.9 Å². The Balaban J connectivity index is 1.74. The predicted molar refractivity (Wildman–Crippen MR) is 92.9 cm³/mol. The minimum Gasteiger partial charge on any atom is -0.275 e. The van der Waals surface area contributed by atoms with Crippen LogP contribution in [0.25, 0.3) is 11.3 Å². The molecule has 0 saturated heterocycles. The highest BCUT2D eigenvalue weighted by atomic mass is 32.2. The number of amides is 1. The van der Waals surface area contributed by atoms with Crippen LogP contribution in [0.2, 0.25) is 0 Å². The van der Waals surface area contributed by atoms with Crippen LogP contribution in [0.1, 0.15) is 10.4 Å². The smallest absolute Gasteiger partial charge is 0.266 e. The Morgan fingerprint density at radius 3 is 2.48 bits per heavy atom. The molecule has 25 heavy (non-hydrogen) atoms. The number of nitrogens with one attached hydrogen (secondary N) is 2. The summed E-state index contributed by atoms with van der Waals surface area (Å²) >= 11 is 0. The van der Waals surface area contributed by atoms with Gasteiger partial charge in [-0.2, -0.15) is 5.10 Å². The lowest BCUT2D eigenvalue weighted by molar-refractivity contribution is 0.0945. The predicted octanol–water partition coefficient (Wildman–Crippen LogP) is 1.71. The third-order valence-corrected chi connectivity index (χ3v) is 4.75. The van der Waals surface area contributed by atoms with Crippen molar-refractivity contribution in [2.75, 3.05) is 0 Å². The highest BCUT2D eigenvalue weighted by Crippen LogP contribution is 2.18. The summed E-state index contributed by atoms with van der Waals surface area (Å²) < 4.78 is 25.9. The lowest BCUT2D eigenvalue weighted by Gasteiger charge is -2.09. The minimum absolute atomic E-state index is 0.0672. The van der Waals surface area contributed by atoms with Crippen molar-refractivity contribution in [2.45, 2.75) is 4.90 Å². The van der Waals surface area contributed by atoms with Crippen molar-refractivity contribution in [3.63, 3.8) is 0 Å². The molecule has 0 aliphatic heterocycles. The van der Waals surface area contributed by atoms with Crippen molar-refractivity contribution in [2.24, 2.45) is 7.05 Å². The number of aromatic nitrogens is 2. The molecular weight excluding hydrogens is 340 g/mol. The minimum atomic E-state index is -3.82. The SMILES string of the molecule is Cn1ccc(-c2cccc(C(=O)NNS(=O)(=O)c3ccccc3)c2)n1. The van der Waals surface area contributed by atoms with Gasteiger partial charge in [0.2, 0.25) is 0 Å². The Morgan fingerprint density at radius 1 is 1.04 bits per heavy atom. The zero-order valence-electron chi connectivity index (χ0n) is 13.4. The van der Waals surface area contributed by atoms with Gasteiger partial charge in [0.1, 0.15) is 0 Å². The maximum absolute atomic E-state index is 12.2. The number of hydrazine groups is 1. The molecule has 2 N–H and O–H groups in total. The van der Waals surface area contributed by atoms with Crippen molar-refractivity contribution in [3.05, 3.63) is 72.4 Å². The maximum atomic E-state index is 12.2. The summed E-state index contributed by atoms with van der Waals surface area (Å²) in [7, 11) is -2.02. The summed E-state index contributed by atoms with van der Waals surface area (Å²) in [5.74, 6) is -0.558. The fourth-order valence-corrected chi connectivity index (χ4v) is 3.09. The molecule has 0 atom stereocenters. The van der Waals surface area contributed by atoms with Gasteiger partial charge in [-0.15, -0.1) is 4.83 Å². The Kier molecular flexibility index (Phi) is 4.64. The maximum Gasteiger partial charge on any atom is 0.266 e. The lowest BCUT2D eigenvalue weighted by Crippen LogP contribution is -2.41. The van der Waals surface area contributed by atoms with Gasteiger partial charge in [-0.1, -0.05) is 30.3 Å². The average Bonchev–Trinajstić information content (AvgIpc) is 3.07. The van der Waals surface area contributed by atoms with E-state index in [1.54, 1.807) is 54.3 Å². The molecule has 1 amide bonds. The van der Waals surface area contributed by atoms with Crippen LogP contribution < -0.4 is 10.3 Å². The highest BCUT2D eigenvalue weighted by molar-refractivity contribution is 7.89. The third kappa shape index (κ3) is 3.93. The first-order chi connectivity index (χ1) is 12.0. The number of rotatable bonds is 5. The van der Waals surface area contributed by atoms with Crippen LogP contribution in [0.5, 0.6) is 0 Å². The second-order valence-electron chi connectivity index (χ2n) is 5.33. The molecule has 0 bridgehead atoms. The Hall–Kier alpha value is -2.97. The van der Waals surface area contributed by atoms with Crippen LogP contribution in [0.4, 0.5) is 0 Å². The molecule has 0 unspecified atom stereocenters. The molecule has 8 heteroatoms. The summed E-state index contributed by atoms with van der Waals surface area (Å²) in [6.07, 6.45) is 1.80. The first-order valence-corrected chi connectivity index (χ1v) is 8.91. The van der Waals surface area contributed by atoms with Gasteiger partial charge in [-0.25, -0.2) is 8.42 Å². The molecular formula is C17H16N4O3S. The van der Waals surface area contributed by atoms with Crippen LogP contribution in [-0.4, -0.2) is 24.1 Å². The zero-order valence-corrected chi connectivity index (χ0v) is 14.2. The van der Waals surface area contributed by atoms with Crippen LogP contribution in [0.15, 0.2) is 71.8 Å². The topological polar surface area (TPSA) is 93.1 Å². The Labute approximate surface area is 145 Å². The molecule has 1 heterocycles. The van der Waals surface area contributed by atoms with Gasteiger partial charge in [0.15, 0.2) is 0 Å². The number of hydrogen-bond acceptors (Lipinski definition) is 4. The van der Waals surface area contributed by atoms with Gasteiger partial charge >= 0.3 is 0 Å². The monoisotopic (exact) mass is 356 g/mol. The van der Waals surface area contributed by atoms with E-state index in [2.05, 4.69) is 15.4 Å². The molecule has 0 radical (unpaired) electrons. The summed E-state index contributed by atoms with van der Waals surface area (Å²) in [4.78, 5) is 14.4. The number of aryl methyl sites for hydroxylation is 1. The van der Waals surface area contributed by atoms with Gasteiger partial charge in [-0.3, -0.25) is 14.9 Å². The molecule has 7 nitrogen and oxygen atoms in total. The molecule has 3 rings (SSSR count). The van der Waals surface area contributed by atoms with E-state index in [9.17, 15) is 13.2 Å². The van der Waals surface area contributed by atoms with Gasteiger partial charge in [-0.05, 0) is 30.3 Å². The van der Waals surface area contributed by atoms with Crippen LogP contribution >= 0.6 is 0 Å². The Morgan fingerprint density at radius 2 is 1.80 bits per heavy atom. The van der Waals surface area contributed by atoms with E-state index >= 15 is 0 Å². The molecule has 3 aromatic rings. The standard InChI is InChI=1S/C17H16N4O3S/c1-21-11-10-16(19-21)13-6-5-7-14(12-13)17(22)18-20-25(23,24)15-8-3-2-4-9-15/h2-12,20H,1H3,(H,18,22). The van der Waals surface area contributed by atoms with Gasteiger partial charge in [0, 0.05) is 24.4 Å². The van der Waals surface area contributed by atoms with Crippen molar-refractivity contribution < 1.29 is 13.2 Å². The number of benzene rings is 2. The van der Waals surface area contributed by atoms with E-state index in [-0.39, 0.29) is 4.90 Å². The van der Waals surface area contributed by atoms with Crippen molar-refractivity contribution in [1.82, 2.24) is 20.0 Å². The molecule has 0 aliphatic carbocycles.